The second-order valence-electron chi connectivity index (χ2n) is 11.3. The van der Waals surface area contributed by atoms with Crippen molar-refractivity contribution in [3.63, 3.8) is 0 Å². The molecule has 0 aliphatic carbocycles. The molecular weight excluding hydrogens is 705 g/mol. The SMILES string of the molecule is Cc1ccc(C(=O)Nc2ccc3nc(Sc4ccc(/C=N\NC(=O)[C@H](Cc5cnc[nH]5)NC(=O)OCc5ccccc5)cc4[N+](=O)[O-])sc3c2)cc1. The maximum absolute atomic E-state index is 13.1. The van der Waals surface area contributed by atoms with Crippen molar-refractivity contribution in [2.24, 2.45) is 5.10 Å². The molecule has 0 aliphatic heterocycles. The maximum Gasteiger partial charge on any atom is 0.408 e. The first-order chi connectivity index (χ1) is 25.2. The van der Waals surface area contributed by atoms with Gasteiger partial charge in [0.2, 0.25) is 0 Å². The van der Waals surface area contributed by atoms with Gasteiger partial charge < -0.3 is 20.4 Å². The number of aromatic amines is 1. The molecule has 262 valence electrons. The standard InChI is InChI=1S/C36H30N8O6S2/c1-22-7-10-25(11-8-22)33(45)40-26-12-13-28-32(17-26)52-36(42-28)51-31-14-9-24(15-30(31)44(48)49)18-39-43-34(46)29(16-27-19-37-21-38-27)41-35(47)50-20-23-5-3-2-4-6-23/h2-15,17-19,21,29H,16,20H2,1H3,(H,37,38)(H,40,45)(H,41,47)(H,43,46)/b39-18-/t29-/m0/s1. The number of nitro groups is 1. The van der Waals surface area contributed by atoms with Crippen molar-refractivity contribution in [2.75, 3.05) is 5.32 Å². The summed E-state index contributed by atoms with van der Waals surface area (Å²) in [5.74, 6) is -0.875. The summed E-state index contributed by atoms with van der Waals surface area (Å²) in [5.41, 5.74) is 6.83. The summed E-state index contributed by atoms with van der Waals surface area (Å²) < 4.78 is 6.64. The number of amides is 3. The maximum atomic E-state index is 13.1. The molecule has 3 amide bonds. The predicted molar refractivity (Wildman–Crippen MR) is 198 cm³/mol. The van der Waals surface area contributed by atoms with Gasteiger partial charge in [-0.25, -0.2) is 20.2 Å². The van der Waals surface area contributed by atoms with E-state index in [-0.39, 0.29) is 24.6 Å². The van der Waals surface area contributed by atoms with E-state index >= 15 is 0 Å². The molecule has 0 saturated heterocycles. The largest absolute Gasteiger partial charge is 0.445 e. The molecule has 2 aromatic heterocycles. The molecule has 1 atom stereocenters. The Hall–Kier alpha value is -6.39. The summed E-state index contributed by atoms with van der Waals surface area (Å²) in [6.07, 6.45) is 3.53. The van der Waals surface area contributed by atoms with Crippen LogP contribution in [0.25, 0.3) is 10.2 Å². The number of hydrogen-bond donors (Lipinski definition) is 4. The lowest BCUT2D eigenvalue weighted by Crippen LogP contribution is -2.47. The number of H-pyrrole nitrogens is 1. The highest BCUT2D eigenvalue weighted by molar-refractivity contribution is 8.01. The van der Waals surface area contributed by atoms with Gasteiger partial charge in [-0.15, -0.1) is 11.3 Å². The van der Waals surface area contributed by atoms with Crippen LogP contribution in [0.4, 0.5) is 16.2 Å². The molecule has 52 heavy (non-hydrogen) atoms. The van der Waals surface area contributed by atoms with E-state index < -0.39 is 23.0 Å². The van der Waals surface area contributed by atoms with Gasteiger partial charge in [0.05, 0.1) is 32.6 Å². The summed E-state index contributed by atoms with van der Waals surface area (Å²) in [6, 6.07) is 25.2. The van der Waals surface area contributed by atoms with Gasteiger partial charge in [0, 0.05) is 41.2 Å². The zero-order valence-electron chi connectivity index (χ0n) is 27.4. The Morgan fingerprint density at radius 3 is 2.62 bits per heavy atom. The number of imidazole rings is 1. The molecule has 14 nitrogen and oxygen atoms in total. The van der Waals surface area contributed by atoms with E-state index in [1.54, 1.807) is 48.5 Å². The first-order valence-electron chi connectivity index (χ1n) is 15.7. The van der Waals surface area contributed by atoms with Crippen LogP contribution in [0.15, 0.2) is 118 Å². The van der Waals surface area contributed by atoms with Crippen LogP contribution < -0.4 is 16.1 Å². The smallest absolute Gasteiger partial charge is 0.408 e. The molecule has 0 fully saturated rings. The van der Waals surface area contributed by atoms with E-state index in [4.69, 9.17) is 4.74 Å². The predicted octanol–water partition coefficient (Wildman–Crippen LogP) is 6.63. The van der Waals surface area contributed by atoms with Gasteiger partial charge in [-0.1, -0.05) is 65.9 Å². The molecule has 4 N–H and O–H groups in total. The molecule has 0 saturated carbocycles. The number of hydrazone groups is 1. The summed E-state index contributed by atoms with van der Waals surface area (Å²) in [4.78, 5) is 61.6. The van der Waals surface area contributed by atoms with Gasteiger partial charge in [-0.2, -0.15) is 5.10 Å². The Labute approximate surface area is 304 Å². The third-order valence-electron chi connectivity index (χ3n) is 7.51. The van der Waals surface area contributed by atoms with Crippen LogP contribution in [0.1, 0.15) is 32.7 Å². The third kappa shape index (κ3) is 9.43. The van der Waals surface area contributed by atoms with Crippen LogP contribution >= 0.6 is 23.1 Å². The molecule has 4 aromatic carbocycles. The molecule has 0 bridgehead atoms. The normalized spacial score (nSPS) is 11.6. The lowest BCUT2D eigenvalue weighted by molar-refractivity contribution is -0.387. The molecule has 0 radical (unpaired) electrons. The van der Waals surface area contributed by atoms with Gasteiger partial charge >= 0.3 is 6.09 Å². The lowest BCUT2D eigenvalue weighted by Gasteiger charge is -2.16. The highest BCUT2D eigenvalue weighted by Gasteiger charge is 2.23. The van der Waals surface area contributed by atoms with Crippen LogP contribution in [-0.4, -0.2) is 50.0 Å². The monoisotopic (exact) mass is 734 g/mol. The third-order valence-corrected chi connectivity index (χ3v) is 9.65. The van der Waals surface area contributed by atoms with Crippen LogP contribution in [0.2, 0.25) is 0 Å². The van der Waals surface area contributed by atoms with Crippen molar-refractivity contribution in [3.05, 3.63) is 142 Å². The number of ether oxygens (including phenoxy) is 1. The van der Waals surface area contributed by atoms with E-state index in [2.05, 4.69) is 36.1 Å². The van der Waals surface area contributed by atoms with Crippen molar-refractivity contribution in [2.45, 2.75) is 35.2 Å². The van der Waals surface area contributed by atoms with E-state index in [0.717, 1.165) is 27.6 Å². The van der Waals surface area contributed by atoms with Crippen LogP contribution in [-0.2, 0) is 22.6 Å². The number of carbonyl (C=O) groups is 3. The highest BCUT2D eigenvalue weighted by atomic mass is 32.2. The van der Waals surface area contributed by atoms with E-state index in [9.17, 15) is 24.5 Å². The highest BCUT2D eigenvalue weighted by Crippen LogP contribution is 2.39. The second-order valence-corrected chi connectivity index (χ2v) is 13.7. The number of aromatic nitrogens is 3. The quantitative estimate of drug-likeness (QED) is 0.0573. The summed E-state index contributed by atoms with van der Waals surface area (Å²) in [6.45, 7) is 1.97. The van der Waals surface area contributed by atoms with E-state index in [1.807, 2.05) is 43.3 Å². The fraction of sp³-hybridized carbons (Fsp3) is 0.111. The minimum absolute atomic E-state index is 0.0187. The molecule has 16 heteroatoms. The van der Waals surface area contributed by atoms with E-state index in [1.165, 1.54) is 36.1 Å². The van der Waals surface area contributed by atoms with Crippen molar-refractivity contribution in [1.82, 2.24) is 25.7 Å². The minimum atomic E-state index is -1.07. The molecule has 0 aliphatic rings. The van der Waals surface area contributed by atoms with Crippen molar-refractivity contribution in [1.29, 1.82) is 0 Å². The number of rotatable bonds is 13. The zero-order chi connectivity index (χ0) is 36.5. The number of alkyl carbamates (subject to hydrolysis) is 1. The number of nitro benzene ring substituents is 1. The van der Waals surface area contributed by atoms with Crippen LogP contribution in [0, 0.1) is 17.0 Å². The fourth-order valence-corrected chi connectivity index (χ4v) is 7.00. The number of thiazole rings is 1. The summed E-state index contributed by atoms with van der Waals surface area (Å²) in [5, 5.41) is 21.5. The van der Waals surface area contributed by atoms with Gasteiger partial charge in [0.25, 0.3) is 17.5 Å². The zero-order valence-corrected chi connectivity index (χ0v) is 29.1. The Morgan fingerprint density at radius 2 is 1.87 bits per heavy atom. The summed E-state index contributed by atoms with van der Waals surface area (Å²) in [7, 11) is 0. The Balaban J connectivity index is 1.09. The number of benzene rings is 4. The number of carbonyl (C=O) groups excluding carboxylic acids is 3. The first-order valence-corrected chi connectivity index (χ1v) is 17.4. The lowest BCUT2D eigenvalue weighted by atomic mass is 10.1. The average molecular weight is 735 g/mol. The Bertz CT molecular complexity index is 2240. The molecule has 6 aromatic rings. The van der Waals surface area contributed by atoms with Crippen LogP contribution in [0.5, 0.6) is 0 Å². The number of anilines is 1. The number of fused-ring (bicyclic) bond motifs is 1. The molecule has 0 spiro atoms. The van der Waals surface area contributed by atoms with Crippen LogP contribution in [0.3, 0.4) is 0 Å². The second kappa shape index (κ2) is 16.5. The van der Waals surface area contributed by atoms with Crippen molar-refractivity contribution >= 4 is 68.8 Å². The number of nitrogens with one attached hydrogen (secondary N) is 4. The first kappa shape index (κ1) is 35.4. The van der Waals surface area contributed by atoms with Gasteiger partial charge in [-0.05, 0) is 48.9 Å². The number of hydrogen-bond acceptors (Lipinski definition) is 11. The summed E-state index contributed by atoms with van der Waals surface area (Å²) >= 11 is 2.48. The average Bonchev–Trinajstić information content (AvgIpc) is 3.81. The molecule has 0 unspecified atom stereocenters. The van der Waals surface area contributed by atoms with E-state index in [0.29, 0.717) is 37.3 Å². The minimum Gasteiger partial charge on any atom is -0.445 e. The molecule has 6 rings (SSSR count). The van der Waals surface area contributed by atoms with Crippen molar-refractivity contribution in [3.8, 4) is 0 Å². The van der Waals surface area contributed by atoms with Gasteiger partial charge in [0.1, 0.15) is 12.6 Å². The number of nitrogens with zero attached hydrogens (tertiary/aromatic N) is 4. The van der Waals surface area contributed by atoms with Gasteiger partial charge in [0.15, 0.2) is 4.34 Å². The Morgan fingerprint density at radius 1 is 1.06 bits per heavy atom. The number of aryl methyl sites for hydroxylation is 1. The Kier molecular flexibility index (Phi) is 11.3. The fourth-order valence-electron chi connectivity index (χ4n) is 4.85. The molecular formula is C36H30N8O6S2. The topological polar surface area (TPSA) is 194 Å². The molecule has 2 heterocycles. The van der Waals surface area contributed by atoms with Crippen molar-refractivity contribution < 1.29 is 24.0 Å². The van der Waals surface area contributed by atoms with Gasteiger partial charge in [-0.3, -0.25) is 19.7 Å².